The van der Waals surface area contributed by atoms with E-state index in [2.05, 4.69) is 20.7 Å². The minimum atomic E-state index is -3.70. The second-order valence-corrected chi connectivity index (χ2v) is 10.7. The van der Waals surface area contributed by atoms with Crippen molar-refractivity contribution in [3.05, 3.63) is 78.1 Å². The van der Waals surface area contributed by atoms with Crippen LogP contribution in [0, 0.1) is 5.41 Å². The van der Waals surface area contributed by atoms with Gasteiger partial charge in [-0.2, -0.15) is 19.7 Å². The van der Waals surface area contributed by atoms with Gasteiger partial charge in [0, 0.05) is 25.0 Å². The quantitative estimate of drug-likeness (QED) is 0.531. The van der Waals surface area contributed by atoms with Crippen molar-refractivity contribution in [2.24, 2.45) is 5.41 Å². The molecule has 0 spiro atoms. The van der Waals surface area contributed by atoms with E-state index in [1.165, 1.54) is 0 Å². The molecule has 2 N–H and O–H groups in total. The number of sulfonamides is 1. The number of aromatic amines is 1. The lowest BCUT2D eigenvalue weighted by Crippen LogP contribution is -2.51. The first-order valence-corrected chi connectivity index (χ1v) is 12.7. The van der Waals surface area contributed by atoms with E-state index in [-0.39, 0.29) is 22.9 Å². The summed E-state index contributed by atoms with van der Waals surface area (Å²) in [6.45, 7) is 0.421. The summed E-state index contributed by atoms with van der Waals surface area (Å²) in [5, 5.41) is 13.5. The van der Waals surface area contributed by atoms with Crippen LogP contribution < -0.4 is 5.32 Å². The summed E-state index contributed by atoms with van der Waals surface area (Å²) in [6, 6.07) is 17.9. The van der Waals surface area contributed by atoms with Crippen LogP contribution in [0.15, 0.2) is 71.8 Å². The molecular formula is C24H27N5O3S. The van der Waals surface area contributed by atoms with Gasteiger partial charge >= 0.3 is 0 Å². The number of rotatable bonds is 8. The van der Waals surface area contributed by atoms with Crippen LogP contribution in [0.1, 0.15) is 30.5 Å². The van der Waals surface area contributed by atoms with Gasteiger partial charge in [0.15, 0.2) is 0 Å². The molecule has 2 saturated heterocycles. The first-order valence-electron chi connectivity index (χ1n) is 11.3. The highest BCUT2D eigenvalue weighted by Gasteiger charge is 2.62. The molecule has 8 nitrogen and oxygen atoms in total. The van der Waals surface area contributed by atoms with Crippen molar-refractivity contribution >= 4 is 15.9 Å². The molecule has 2 aromatic carbocycles. The number of hydrogen-bond donors (Lipinski definition) is 2. The summed E-state index contributed by atoms with van der Waals surface area (Å²) < 4.78 is 28.8. The number of nitrogens with one attached hydrogen (secondary N) is 2. The molecule has 3 heterocycles. The monoisotopic (exact) mass is 465 g/mol. The predicted octanol–water partition coefficient (Wildman–Crippen LogP) is 2.32. The third-order valence-electron chi connectivity index (χ3n) is 6.94. The van der Waals surface area contributed by atoms with Crippen molar-refractivity contribution in [3.63, 3.8) is 0 Å². The molecule has 0 unspecified atom stereocenters. The average molecular weight is 466 g/mol. The Hall–Kier alpha value is -3.04. The number of hydrogen-bond acceptors (Lipinski definition) is 5. The number of carbonyl (C=O) groups is 1. The first-order chi connectivity index (χ1) is 16.0. The molecule has 3 aromatic rings. The fraction of sp³-hybridized carbons (Fsp3) is 0.375. The summed E-state index contributed by atoms with van der Waals surface area (Å²) in [5.74, 6) is -0.0877. The van der Waals surface area contributed by atoms with Crippen molar-refractivity contribution in [3.8, 4) is 0 Å². The van der Waals surface area contributed by atoms with Crippen molar-refractivity contribution in [1.82, 2.24) is 25.0 Å². The zero-order chi connectivity index (χ0) is 22.9. The highest BCUT2D eigenvalue weighted by Crippen LogP contribution is 2.53. The molecule has 0 radical (unpaired) electrons. The number of fused-ring (bicyclic) bond motifs is 2. The normalized spacial score (nSPS) is 24.7. The molecule has 9 heteroatoms. The third-order valence-corrected chi connectivity index (χ3v) is 8.92. The van der Waals surface area contributed by atoms with E-state index in [4.69, 9.17) is 0 Å². The van der Waals surface area contributed by atoms with Gasteiger partial charge in [-0.3, -0.25) is 4.79 Å². The summed E-state index contributed by atoms with van der Waals surface area (Å²) in [7, 11) is -3.70. The minimum Gasteiger partial charge on any atom is -0.355 e. The van der Waals surface area contributed by atoms with Crippen LogP contribution in [0.25, 0.3) is 0 Å². The molecule has 2 aliphatic rings. The number of benzene rings is 2. The molecular weight excluding hydrogens is 438 g/mol. The van der Waals surface area contributed by atoms with Gasteiger partial charge < -0.3 is 5.32 Å². The van der Waals surface area contributed by atoms with Crippen LogP contribution in [0.2, 0.25) is 0 Å². The molecule has 2 fully saturated rings. The molecule has 33 heavy (non-hydrogen) atoms. The summed E-state index contributed by atoms with van der Waals surface area (Å²) >= 11 is 0. The Labute approximate surface area is 193 Å². The van der Waals surface area contributed by atoms with Crippen molar-refractivity contribution in [2.75, 3.05) is 6.54 Å². The maximum Gasteiger partial charge on any atom is 0.243 e. The van der Waals surface area contributed by atoms with Gasteiger partial charge in [0.25, 0.3) is 0 Å². The topological polar surface area (TPSA) is 108 Å². The molecule has 0 saturated carbocycles. The Morgan fingerprint density at radius 3 is 2.52 bits per heavy atom. The van der Waals surface area contributed by atoms with Crippen LogP contribution in [-0.4, -0.2) is 52.7 Å². The Morgan fingerprint density at radius 2 is 1.82 bits per heavy atom. The van der Waals surface area contributed by atoms with E-state index in [1.807, 2.05) is 30.3 Å². The van der Waals surface area contributed by atoms with Gasteiger partial charge in [-0.1, -0.05) is 48.5 Å². The Morgan fingerprint density at radius 1 is 1.09 bits per heavy atom. The SMILES string of the molecule is O=C(NCCc1cn[nH]n1)[C@@]1(Cc2ccccc2)C[C@H]2CC[C@@H]1N2S(=O)(=O)c1ccccc1. The Kier molecular flexibility index (Phi) is 5.76. The van der Waals surface area contributed by atoms with Gasteiger partial charge in [-0.15, -0.1) is 0 Å². The molecule has 2 bridgehead atoms. The lowest BCUT2D eigenvalue weighted by Gasteiger charge is -2.36. The van der Waals surface area contributed by atoms with Crippen molar-refractivity contribution in [2.45, 2.75) is 49.1 Å². The van der Waals surface area contributed by atoms with Crippen LogP contribution in [0.4, 0.5) is 0 Å². The number of H-pyrrole nitrogens is 1. The van der Waals surface area contributed by atoms with Gasteiger partial charge in [0.05, 0.1) is 22.2 Å². The third kappa shape index (κ3) is 3.95. The fourth-order valence-electron chi connectivity index (χ4n) is 5.51. The van der Waals surface area contributed by atoms with Gasteiger partial charge in [-0.05, 0) is 43.4 Å². The Balaban J connectivity index is 1.45. The van der Waals surface area contributed by atoms with Crippen LogP contribution in [0.3, 0.4) is 0 Å². The summed E-state index contributed by atoms with van der Waals surface area (Å²) in [4.78, 5) is 14.0. The second-order valence-electron chi connectivity index (χ2n) is 8.88. The maximum atomic E-state index is 13.7. The average Bonchev–Trinajstić information content (AvgIpc) is 3.57. The number of amides is 1. The predicted molar refractivity (Wildman–Crippen MR) is 123 cm³/mol. The zero-order valence-corrected chi connectivity index (χ0v) is 19.0. The van der Waals surface area contributed by atoms with E-state index in [0.717, 1.165) is 17.7 Å². The zero-order valence-electron chi connectivity index (χ0n) is 18.2. The highest BCUT2D eigenvalue weighted by atomic mass is 32.2. The largest absolute Gasteiger partial charge is 0.355 e. The summed E-state index contributed by atoms with van der Waals surface area (Å²) in [6.07, 6.45) is 4.68. The number of aromatic nitrogens is 3. The van der Waals surface area contributed by atoms with E-state index in [0.29, 0.717) is 32.2 Å². The first kappa shape index (κ1) is 21.8. The van der Waals surface area contributed by atoms with Crippen LogP contribution in [0.5, 0.6) is 0 Å². The molecule has 1 amide bonds. The van der Waals surface area contributed by atoms with E-state index >= 15 is 0 Å². The molecule has 3 atom stereocenters. The standard InChI is InChI=1S/C24H27N5O3S/c30-23(25-14-13-19-17-26-28-27-19)24(15-18-7-3-1-4-8-18)16-20-11-12-22(24)29(20)33(31,32)21-9-5-2-6-10-21/h1-10,17,20,22H,11-16H2,(H,25,30)(H,26,27,28)/t20-,22+,24+/m1/s1. The number of carbonyl (C=O) groups excluding carboxylic acids is 1. The van der Waals surface area contributed by atoms with Crippen LogP contribution >= 0.6 is 0 Å². The minimum absolute atomic E-state index is 0.0877. The van der Waals surface area contributed by atoms with E-state index < -0.39 is 15.4 Å². The van der Waals surface area contributed by atoms with Crippen molar-refractivity contribution in [1.29, 1.82) is 0 Å². The maximum absolute atomic E-state index is 13.7. The molecule has 5 rings (SSSR count). The van der Waals surface area contributed by atoms with Gasteiger partial charge in [-0.25, -0.2) is 8.42 Å². The van der Waals surface area contributed by atoms with E-state index in [1.54, 1.807) is 40.8 Å². The lowest BCUT2D eigenvalue weighted by atomic mass is 9.69. The Bertz CT molecular complexity index is 1200. The molecule has 2 aliphatic heterocycles. The number of nitrogens with zero attached hydrogens (tertiary/aromatic N) is 3. The van der Waals surface area contributed by atoms with Crippen LogP contribution in [-0.2, 0) is 27.7 Å². The highest BCUT2D eigenvalue weighted by molar-refractivity contribution is 7.89. The summed E-state index contributed by atoms with van der Waals surface area (Å²) in [5.41, 5.74) is 0.998. The second kappa shape index (κ2) is 8.72. The van der Waals surface area contributed by atoms with E-state index in [9.17, 15) is 13.2 Å². The van der Waals surface area contributed by atoms with Gasteiger partial charge in [0.1, 0.15) is 0 Å². The molecule has 1 aromatic heterocycles. The smallest absolute Gasteiger partial charge is 0.243 e. The molecule has 172 valence electrons. The lowest BCUT2D eigenvalue weighted by molar-refractivity contribution is -0.132. The van der Waals surface area contributed by atoms with Crippen molar-refractivity contribution < 1.29 is 13.2 Å². The molecule has 0 aliphatic carbocycles. The van der Waals surface area contributed by atoms with Gasteiger partial charge in [0.2, 0.25) is 15.9 Å². The fourth-order valence-corrected chi connectivity index (χ4v) is 7.47.